The number of hydrogen-bond acceptors (Lipinski definition) is 5. The molecule has 0 N–H and O–H groups in total. The van der Waals surface area contributed by atoms with Crippen LogP contribution in [0.3, 0.4) is 0 Å². The summed E-state index contributed by atoms with van der Waals surface area (Å²) in [6.45, 7) is 3.69. The molecule has 0 radical (unpaired) electrons. The van der Waals surface area contributed by atoms with Crippen LogP contribution in [0.4, 0.5) is 5.69 Å². The summed E-state index contributed by atoms with van der Waals surface area (Å²) in [6.07, 6.45) is 1.49. The third-order valence-electron chi connectivity index (χ3n) is 4.75. The first-order chi connectivity index (χ1) is 13.4. The Morgan fingerprint density at radius 1 is 1.21 bits per heavy atom. The number of amides is 1. The summed E-state index contributed by atoms with van der Waals surface area (Å²) in [6, 6.07) is 8.61. The van der Waals surface area contributed by atoms with Crippen LogP contribution in [0, 0.1) is 0 Å². The first-order valence-corrected chi connectivity index (χ1v) is 10.5. The molecule has 1 aromatic carbocycles. The van der Waals surface area contributed by atoms with Crippen molar-refractivity contribution in [1.82, 2.24) is 8.87 Å². The molecular weight excluding hydrogens is 382 g/mol. The van der Waals surface area contributed by atoms with Crippen LogP contribution in [0.25, 0.3) is 0 Å². The number of carbonyl (C=O) groups is 1. The maximum absolute atomic E-state index is 13.1. The highest BCUT2D eigenvalue weighted by Gasteiger charge is 2.29. The lowest BCUT2D eigenvalue weighted by molar-refractivity contribution is 0.0730. The van der Waals surface area contributed by atoms with Crippen molar-refractivity contribution in [3.05, 3.63) is 42.2 Å². The van der Waals surface area contributed by atoms with Crippen LogP contribution in [-0.4, -0.2) is 63.2 Å². The summed E-state index contributed by atoms with van der Waals surface area (Å²) >= 11 is 0. The Bertz CT molecular complexity index is 931. The number of benzene rings is 1. The van der Waals surface area contributed by atoms with Crippen LogP contribution in [0.5, 0.6) is 5.75 Å². The third kappa shape index (κ3) is 3.91. The van der Waals surface area contributed by atoms with E-state index in [9.17, 15) is 13.2 Å². The van der Waals surface area contributed by atoms with E-state index in [1.807, 2.05) is 6.92 Å². The molecule has 1 aliphatic rings. The normalized spacial score (nSPS) is 15.4. The first-order valence-electron chi connectivity index (χ1n) is 9.08. The summed E-state index contributed by atoms with van der Waals surface area (Å²) < 4.78 is 39.1. The maximum atomic E-state index is 13.1. The van der Waals surface area contributed by atoms with E-state index in [0.29, 0.717) is 50.0 Å². The number of carbonyl (C=O) groups excluding carboxylic acids is 1. The molecule has 1 aliphatic heterocycles. The van der Waals surface area contributed by atoms with Gasteiger partial charge in [0, 0.05) is 38.6 Å². The van der Waals surface area contributed by atoms with E-state index in [0.717, 1.165) is 0 Å². The Hall–Kier alpha value is -2.36. The van der Waals surface area contributed by atoms with Gasteiger partial charge in [-0.15, -0.1) is 0 Å². The predicted molar refractivity (Wildman–Crippen MR) is 105 cm³/mol. The maximum Gasteiger partial charge on any atom is 0.274 e. The lowest BCUT2D eigenvalue weighted by Crippen LogP contribution is -2.40. The minimum absolute atomic E-state index is 0.117. The number of methoxy groups -OCH3 is 1. The highest BCUT2D eigenvalue weighted by molar-refractivity contribution is 7.89. The molecule has 28 heavy (non-hydrogen) atoms. The molecule has 0 aliphatic carbocycles. The van der Waals surface area contributed by atoms with Crippen LogP contribution >= 0.6 is 0 Å². The van der Waals surface area contributed by atoms with Gasteiger partial charge in [0.1, 0.15) is 16.3 Å². The molecule has 0 bridgehead atoms. The minimum atomic E-state index is -3.66. The van der Waals surface area contributed by atoms with E-state index in [4.69, 9.17) is 9.47 Å². The Balaban J connectivity index is 1.89. The van der Waals surface area contributed by atoms with E-state index in [1.54, 1.807) is 47.9 Å². The molecule has 2 heterocycles. The fourth-order valence-corrected chi connectivity index (χ4v) is 4.65. The van der Waals surface area contributed by atoms with Crippen molar-refractivity contribution in [3.63, 3.8) is 0 Å². The summed E-state index contributed by atoms with van der Waals surface area (Å²) in [4.78, 5) is 14.8. The highest BCUT2D eigenvalue weighted by atomic mass is 32.2. The van der Waals surface area contributed by atoms with E-state index in [1.165, 1.54) is 16.6 Å². The van der Waals surface area contributed by atoms with Crippen molar-refractivity contribution < 1.29 is 22.7 Å². The Morgan fingerprint density at radius 2 is 1.86 bits per heavy atom. The van der Waals surface area contributed by atoms with Gasteiger partial charge in [-0.3, -0.25) is 4.79 Å². The smallest absolute Gasteiger partial charge is 0.274 e. The monoisotopic (exact) mass is 407 g/mol. The summed E-state index contributed by atoms with van der Waals surface area (Å²) in [7, 11) is -0.403. The zero-order valence-electron chi connectivity index (χ0n) is 16.3. The van der Waals surface area contributed by atoms with Gasteiger partial charge < -0.3 is 18.9 Å². The molecule has 1 fully saturated rings. The number of sulfonamides is 1. The Morgan fingerprint density at radius 3 is 2.43 bits per heavy atom. The topological polar surface area (TPSA) is 81.1 Å². The second-order valence-electron chi connectivity index (χ2n) is 6.44. The van der Waals surface area contributed by atoms with Crippen LogP contribution in [0.2, 0.25) is 0 Å². The van der Waals surface area contributed by atoms with Crippen molar-refractivity contribution in [3.8, 4) is 5.75 Å². The lowest BCUT2D eigenvalue weighted by atomic mass is 10.2. The number of rotatable bonds is 6. The van der Waals surface area contributed by atoms with Crippen LogP contribution in [0.15, 0.2) is 41.4 Å². The highest BCUT2D eigenvalue weighted by Crippen LogP contribution is 2.24. The largest absolute Gasteiger partial charge is 0.497 e. The Kier molecular flexibility index (Phi) is 6.07. The average molecular weight is 407 g/mol. The SMILES string of the molecule is CCN(C(=O)c1cc(S(=O)(=O)N2CCOCC2)cn1C)c1ccc(OC)cc1. The molecule has 152 valence electrons. The van der Waals surface area contributed by atoms with Crippen molar-refractivity contribution in [2.24, 2.45) is 7.05 Å². The minimum Gasteiger partial charge on any atom is -0.497 e. The molecule has 0 unspecified atom stereocenters. The molecule has 1 saturated heterocycles. The summed E-state index contributed by atoms with van der Waals surface area (Å²) in [5, 5.41) is 0. The molecule has 0 saturated carbocycles. The van der Waals surface area contributed by atoms with Gasteiger partial charge in [0.05, 0.1) is 20.3 Å². The molecule has 8 nitrogen and oxygen atoms in total. The fourth-order valence-electron chi connectivity index (χ4n) is 3.17. The number of aryl methyl sites for hydroxylation is 1. The molecule has 1 amide bonds. The Labute approximate surface area is 165 Å². The number of anilines is 1. The van der Waals surface area contributed by atoms with Crippen LogP contribution < -0.4 is 9.64 Å². The van der Waals surface area contributed by atoms with E-state index >= 15 is 0 Å². The predicted octanol–water partition coefficient (Wildman–Crippen LogP) is 1.72. The van der Waals surface area contributed by atoms with Gasteiger partial charge in [-0.1, -0.05) is 0 Å². The zero-order chi connectivity index (χ0) is 20.3. The van der Waals surface area contributed by atoms with Crippen molar-refractivity contribution in [2.45, 2.75) is 11.8 Å². The first kappa shape index (κ1) is 20.4. The number of ether oxygens (including phenoxy) is 2. The van der Waals surface area contributed by atoms with Crippen molar-refractivity contribution in [1.29, 1.82) is 0 Å². The number of morpholine rings is 1. The van der Waals surface area contributed by atoms with E-state index < -0.39 is 10.0 Å². The van der Waals surface area contributed by atoms with Gasteiger partial charge >= 0.3 is 0 Å². The van der Waals surface area contributed by atoms with Gasteiger partial charge in [-0.2, -0.15) is 4.31 Å². The molecule has 1 aromatic heterocycles. The van der Waals surface area contributed by atoms with Gasteiger partial charge in [-0.25, -0.2) is 8.42 Å². The second-order valence-corrected chi connectivity index (χ2v) is 8.37. The van der Waals surface area contributed by atoms with Crippen molar-refractivity contribution in [2.75, 3.05) is 44.9 Å². The number of nitrogens with zero attached hydrogens (tertiary/aromatic N) is 3. The molecule has 0 spiro atoms. The molecule has 2 aromatic rings. The molecular formula is C19H25N3O5S. The van der Waals surface area contributed by atoms with Gasteiger partial charge in [0.15, 0.2) is 0 Å². The standard InChI is InChI=1S/C19H25N3O5S/c1-4-22(15-5-7-16(26-3)8-6-15)19(23)18-13-17(14-20(18)2)28(24,25)21-9-11-27-12-10-21/h5-8,13-14H,4,9-12H2,1-3H3. The number of hydrogen-bond donors (Lipinski definition) is 0. The molecule has 0 atom stereocenters. The zero-order valence-corrected chi connectivity index (χ0v) is 17.1. The summed E-state index contributed by atoms with van der Waals surface area (Å²) in [5.74, 6) is 0.434. The van der Waals surface area contributed by atoms with Crippen LogP contribution in [-0.2, 0) is 21.8 Å². The van der Waals surface area contributed by atoms with Crippen LogP contribution in [0.1, 0.15) is 17.4 Å². The second kappa shape index (κ2) is 8.34. The third-order valence-corrected chi connectivity index (χ3v) is 6.62. The van der Waals surface area contributed by atoms with E-state index in [-0.39, 0.29) is 10.8 Å². The van der Waals surface area contributed by atoms with Gasteiger partial charge in [0.2, 0.25) is 10.0 Å². The van der Waals surface area contributed by atoms with E-state index in [2.05, 4.69) is 0 Å². The van der Waals surface area contributed by atoms with Gasteiger partial charge in [-0.05, 0) is 37.3 Å². The molecule has 9 heteroatoms. The average Bonchev–Trinajstić information content (AvgIpc) is 3.12. The lowest BCUT2D eigenvalue weighted by Gasteiger charge is -2.25. The quantitative estimate of drug-likeness (QED) is 0.728. The number of aromatic nitrogens is 1. The molecule has 3 rings (SSSR count). The summed E-state index contributed by atoms with van der Waals surface area (Å²) in [5.41, 5.74) is 1.02. The van der Waals surface area contributed by atoms with Gasteiger partial charge in [0.25, 0.3) is 5.91 Å². The van der Waals surface area contributed by atoms with Crippen molar-refractivity contribution >= 4 is 21.6 Å². The fraction of sp³-hybridized carbons (Fsp3) is 0.421.